The van der Waals surface area contributed by atoms with Crippen LogP contribution < -0.4 is 4.74 Å². The van der Waals surface area contributed by atoms with Gasteiger partial charge in [-0.25, -0.2) is 0 Å². The molecule has 0 amide bonds. The molecule has 0 radical (unpaired) electrons. The lowest BCUT2D eigenvalue weighted by atomic mass is 9.90. The summed E-state index contributed by atoms with van der Waals surface area (Å²) in [5.74, 6) is -0.740. The quantitative estimate of drug-likeness (QED) is 0.129. The van der Waals surface area contributed by atoms with E-state index in [1.165, 1.54) is 32.5 Å². The first-order valence-corrected chi connectivity index (χ1v) is 13.8. The van der Waals surface area contributed by atoms with E-state index < -0.39 is 23.6 Å². The van der Waals surface area contributed by atoms with Gasteiger partial charge in [0.2, 0.25) is 0 Å². The largest absolute Gasteiger partial charge is 0.494 e. The van der Waals surface area contributed by atoms with Crippen LogP contribution in [-0.4, -0.2) is 54.9 Å². The van der Waals surface area contributed by atoms with Gasteiger partial charge in [-0.15, -0.1) is 11.8 Å². The molecule has 0 bridgehead atoms. The molecular formula is C29H36O8S. The van der Waals surface area contributed by atoms with Gasteiger partial charge in [0, 0.05) is 26.3 Å². The summed E-state index contributed by atoms with van der Waals surface area (Å²) in [4.78, 5) is 48.3. The summed E-state index contributed by atoms with van der Waals surface area (Å²) in [7, 11) is 0. The van der Waals surface area contributed by atoms with Gasteiger partial charge >= 0.3 is 17.9 Å². The highest BCUT2D eigenvalue weighted by Gasteiger charge is 2.45. The van der Waals surface area contributed by atoms with Gasteiger partial charge in [0.05, 0.1) is 18.1 Å². The fourth-order valence-corrected chi connectivity index (χ4v) is 4.63. The van der Waals surface area contributed by atoms with Crippen molar-refractivity contribution >= 4 is 35.5 Å². The van der Waals surface area contributed by atoms with Crippen molar-refractivity contribution in [3.05, 3.63) is 65.1 Å². The van der Waals surface area contributed by atoms with Crippen LogP contribution in [0.25, 0.3) is 0 Å². The Kier molecular flexibility index (Phi) is 12.9. The summed E-state index contributed by atoms with van der Waals surface area (Å²) in [6, 6.07) is 9.50. The van der Waals surface area contributed by atoms with Crippen LogP contribution in [-0.2, 0) is 33.4 Å². The normalized spacial score (nSPS) is 18.8. The minimum atomic E-state index is -1.19. The highest BCUT2D eigenvalue weighted by atomic mass is 32.2. The van der Waals surface area contributed by atoms with E-state index in [-0.39, 0.29) is 18.4 Å². The lowest BCUT2D eigenvalue weighted by Gasteiger charge is -2.28. The molecule has 1 aliphatic carbocycles. The Morgan fingerprint density at radius 2 is 1.71 bits per heavy atom. The number of Topliss-reactive ketones (excluding diaryl/α,β-unsaturated/α-hetero) is 1. The van der Waals surface area contributed by atoms with Gasteiger partial charge in [-0.1, -0.05) is 30.4 Å². The van der Waals surface area contributed by atoms with Crippen LogP contribution in [0.4, 0.5) is 0 Å². The Labute approximate surface area is 228 Å². The minimum Gasteiger partial charge on any atom is -0.494 e. The van der Waals surface area contributed by atoms with Crippen LogP contribution in [0.2, 0.25) is 0 Å². The van der Waals surface area contributed by atoms with Crippen LogP contribution in [0.15, 0.2) is 65.1 Å². The molecule has 1 aromatic rings. The summed E-state index contributed by atoms with van der Waals surface area (Å²) in [6.45, 7) is 4.67. The van der Waals surface area contributed by atoms with Crippen molar-refractivity contribution in [2.75, 3.05) is 19.5 Å². The first kappa shape index (κ1) is 30.9. The summed E-state index contributed by atoms with van der Waals surface area (Å²) in [5, 5.41) is 0. The number of esters is 3. The topological polar surface area (TPSA) is 105 Å². The van der Waals surface area contributed by atoms with Gasteiger partial charge in [-0.3, -0.25) is 19.2 Å². The molecule has 0 fully saturated rings. The summed E-state index contributed by atoms with van der Waals surface area (Å²) in [6.07, 6.45) is 10.6. The number of allylic oxidation sites excluding steroid dienone is 3. The molecule has 2 rings (SSSR count). The van der Waals surface area contributed by atoms with Crippen molar-refractivity contribution in [1.82, 2.24) is 0 Å². The molecular weight excluding hydrogens is 508 g/mol. The molecule has 0 N–H and O–H groups in total. The standard InChI is InChI=1S/C29H36O8S/c1-21(30)34-19-11-15-25(36-22(2)31)14-10-16-26-28(33)27(38-4)20-29(26,37-23(3)32)17-8-9-18-35-24-12-6-5-7-13-24/h5-7,10,12-14,16,20,25H,8-9,11,15,17-19H2,1-4H3/b14-10+,26-16?. The Morgan fingerprint density at radius 3 is 2.34 bits per heavy atom. The fraction of sp³-hybridized carbons (Fsp3) is 0.448. The van der Waals surface area contributed by atoms with E-state index in [1.807, 2.05) is 30.3 Å². The van der Waals surface area contributed by atoms with Gasteiger partial charge in [0.1, 0.15) is 11.9 Å². The highest BCUT2D eigenvalue weighted by Crippen LogP contribution is 2.41. The summed E-state index contributed by atoms with van der Waals surface area (Å²) in [5.41, 5.74) is -0.844. The number of hydrogen-bond acceptors (Lipinski definition) is 9. The molecule has 9 heteroatoms. The van der Waals surface area contributed by atoms with E-state index >= 15 is 0 Å². The van der Waals surface area contributed by atoms with E-state index in [0.29, 0.717) is 49.2 Å². The van der Waals surface area contributed by atoms with Gasteiger partial charge in [-0.2, -0.15) is 0 Å². The first-order valence-electron chi connectivity index (χ1n) is 12.6. The van der Waals surface area contributed by atoms with Crippen molar-refractivity contribution < 1.29 is 38.1 Å². The Morgan fingerprint density at radius 1 is 0.974 bits per heavy atom. The number of ether oxygens (including phenoxy) is 4. The number of thioether (sulfide) groups is 1. The van der Waals surface area contributed by atoms with Crippen molar-refractivity contribution in [2.45, 2.75) is 64.6 Å². The average molecular weight is 545 g/mol. The van der Waals surface area contributed by atoms with Gasteiger partial charge in [0.15, 0.2) is 11.4 Å². The van der Waals surface area contributed by atoms with Gasteiger partial charge < -0.3 is 18.9 Å². The molecule has 1 aliphatic rings. The number of carbonyl (C=O) groups is 4. The zero-order valence-corrected chi connectivity index (χ0v) is 23.2. The molecule has 2 unspecified atom stereocenters. The first-order chi connectivity index (χ1) is 18.2. The van der Waals surface area contributed by atoms with E-state index in [1.54, 1.807) is 30.6 Å². The number of carbonyl (C=O) groups excluding carboxylic acids is 4. The SMILES string of the molecule is CSC1=CC(CCCCOc2ccccc2)(OC(C)=O)C(=C/C=C/C(CCCOC(C)=O)OC(C)=O)C1=O. The number of benzene rings is 1. The smallest absolute Gasteiger partial charge is 0.303 e. The molecule has 206 valence electrons. The monoisotopic (exact) mass is 544 g/mol. The van der Waals surface area contributed by atoms with Crippen molar-refractivity contribution in [3.8, 4) is 5.75 Å². The zero-order chi connectivity index (χ0) is 28.0. The maximum absolute atomic E-state index is 13.2. The molecule has 38 heavy (non-hydrogen) atoms. The number of rotatable bonds is 15. The summed E-state index contributed by atoms with van der Waals surface area (Å²) < 4.78 is 21.8. The maximum Gasteiger partial charge on any atom is 0.303 e. The molecule has 0 aromatic heterocycles. The Balaban J connectivity index is 2.16. The third kappa shape index (κ3) is 10.2. The van der Waals surface area contributed by atoms with Crippen molar-refractivity contribution in [3.63, 3.8) is 0 Å². The highest BCUT2D eigenvalue weighted by molar-refractivity contribution is 8.03. The summed E-state index contributed by atoms with van der Waals surface area (Å²) >= 11 is 1.30. The van der Waals surface area contributed by atoms with Crippen molar-refractivity contribution in [1.29, 1.82) is 0 Å². The lowest BCUT2D eigenvalue weighted by molar-refractivity contribution is -0.150. The number of para-hydroxylation sites is 1. The second-order valence-electron chi connectivity index (χ2n) is 8.74. The average Bonchev–Trinajstić information content (AvgIpc) is 3.11. The molecule has 8 nitrogen and oxygen atoms in total. The van der Waals surface area contributed by atoms with E-state index in [0.717, 1.165) is 5.75 Å². The second-order valence-corrected chi connectivity index (χ2v) is 9.59. The Bertz CT molecular complexity index is 1060. The fourth-order valence-electron chi connectivity index (χ4n) is 4.03. The predicted molar refractivity (Wildman–Crippen MR) is 146 cm³/mol. The third-order valence-electron chi connectivity index (χ3n) is 5.63. The van der Waals surface area contributed by atoms with E-state index in [9.17, 15) is 19.2 Å². The van der Waals surface area contributed by atoms with Gasteiger partial charge in [-0.05, 0) is 62.6 Å². The molecule has 0 aliphatic heterocycles. The van der Waals surface area contributed by atoms with Crippen LogP contribution in [0.1, 0.15) is 52.9 Å². The zero-order valence-electron chi connectivity index (χ0n) is 22.4. The number of hydrogen-bond donors (Lipinski definition) is 0. The number of ketones is 1. The predicted octanol–water partition coefficient (Wildman–Crippen LogP) is 5.12. The molecule has 0 saturated carbocycles. The number of unbranched alkanes of at least 4 members (excludes halogenated alkanes) is 1. The molecule has 0 saturated heterocycles. The van der Waals surface area contributed by atoms with Crippen LogP contribution in [0.5, 0.6) is 5.75 Å². The van der Waals surface area contributed by atoms with Crippen LogP contribution in [0, 0.1) is 0 Å². The third-order valence-corrected chi connectivity index (χ3v) is 6.38. The Hall–Kier alpha value is -3.33. The minimum absolute atomic E-state index is 0.206. The molecule has 0 spiro atoms. The molecule has 1 aromatic carbocycles. The lowest BCUT2D eigenvalue weighted by Crippen LogP contribution is -2.34. The van der Waals surface area contributed by atoms with Gasteiger partial charge in [0.25, 0.3) is 0 Å². The van der Waals surface area contributed by atoms with E-state index in [2.05, 4.69) is 0 Å². The van der Waals surface area contributed by atoms with Crippen LogP contribution >= 0.6 is 11.8 Å². The molecule has 2 atom stereocenters. The van der Waals surface area contributed by atoms with Crippen LogP contribution in [0.3, 0.4) is 0 Å². The maximum atomic E-state index is 13.2. The van der Waals surface area contributed by atoms with E-state index in [4.69, 9.17) is 18.9 Å². The second kappa shape index (κ2) is 15.8. The molecule has 0 heterocycles. The van der Waals surface area contributed by atoms with Crippen molar-refractivity contribution in [2.24, 2.45) is 0 Å².